The summed E-state index contributed by atoms with van der Waals surface area (Å²) in [4.78, 5) is 17.4. The van der Waals surface area contributed by atoms with Crippen molar-refractivity contribution < 1.29 is 0 Å². The van der Waals surface area contributed by atoms with Crippen molar-refractivity contribution in [1.29, 1.82) is 5.26 Å². The van der Waals surface area contributed by atoms with E-state index in [0.717, 1.165) is 27.9 Å². The highest BCUT2D eigenvalue weighted by Crippen LogP contribution is 2.33. The lowest BCUT2D eigenvalue weighted by atomic mass is 10.0. The van der Waals surface area contributed by atoms with Crippen molar-refractivity contribution in [3.8, 4) is 17.3 Å². The predicted octanol–water partition coefficient (Wildman–Crippen LogP) is 4.37. The summed E-state index contributed by atoms with van der Waals surface area (Å²) in [5, 5.41) is 14.1. The fourth-order valence-electron chi connectivity index (χ4n) is 3.12. The summed E-state index contributed by atoms with van der Waals surface area (Å²) < 4.78 is 0. The van der Waals surface area contributed by atoms with E-state index >= 15 is 0 Å². The standard InChI is InChI=1S/C21H16ClN7/c1-12(28-21-15(10-23)20(24)26-11-27-21)19-14(17-6-2-3-8-25-17)9-13-16(22)5-4-7-18(13)29-19/h2-9,11-12H,1H3,(H3,24,26,27,28)/t12-/m1/s1. The van der Waals surface area contributed by atoms with Crippen molar-refractivity contribution >= 4 is 34.1 Å². The molecule has 0 amide bonds. The van der Waals surface area contributed by atoms with Crippen LogP contribution in [-0.4, -0.2) is 19.9 Å². The molecule has 0 aliphatic heterocycles. The molecule has 29 heavy (non-hydrogen) atoms. The number of benzene rings is 1. The lowest BCUT2D eigenvalue weighted by Gasteiger charge is -2.19. The van der Waals surface area contributed by atoms with Gasteiger partial charge in [0, 0.05) is 22.2 Å². The summed E-state index contributed by atoms with van der Waals surface area (Å²) in [7, 11) is 0. The monoisotopic (exact) mass is 401 g/mol. The second kappa shape index (κ2) is 7.70. The van der Waals surface area contributed by atoms with Gasteiger partial charge in [0.15, 0.2) is 0 Å². The Morgan fingerprint density at radius 2 is 2.00 bits per heavy atom. The van der Waals surface area contributed by atoms with Gasteiger partial charge in [0.1, 0.15) is 29.6 Å². The van der Waals surface area contributed by atoms with E-state index in [1.165, 1.54) is 6.33 Å². The number of pyridine rings is 2. The van der Waals surface area contributed by atoms with E-state index in [0.29, 0.717) is 10.8 Å². The summed E-state index contributed by atoms with van der Waals surface area (Å²) in [6.07, 6.45) is 3.05. The van der Waals surface area contributed by atoms with Crippen LogP contribution in [0, 0.1) is 11.3 Å². The van der Waals surface area contributed by atoms with Crippen LogP contribution in [0.5, 0.6) is 0 Å². The Morgan fingerprint density at radius 1 is 1.14 bits per heavy atom. The maximum absolute atomic E-state index is 9.40. The molecular formula is C21H16ClN7. The maximum atomic E-state index is 9.40. The van der Waals surface area contributed by atoms with Crippen LogP contribution in [0.2, 0.25) is 5.02 Å². The summed E-state index contributed by atoms with van der Waals surface area (Å²) in [6.45, 7) is 1.94. The molecule has 0 unspecified atom stereocenters. The minimum absolute atomic E-state index is 0.125. The number of nitrogens with zero attached hydrogens (tertiary/aromatic N) is 5. The largest absolute Gasteiger partial charge is 0.382 e. The van der Waals surface area contributed by atoms with Gasteiger partial charge < -0.3 is 11.1 Å². The third-order valence-corrected chi connectivity index (χ3v) is 4.86. The van der Waals surface area contributed by atoms with Crippen LogP contribution in [-0.2, 0) is 0 Å². The number of anilines is 2. The van der Waals surface area contributed by atoms with E-state index < -0.39 is 0 Å². The van der Waals surface area contributed by atoms with Gasteiger partial charge in [-0.25, -0.2) is 15.0 Å². The molecule has 0 aliphatic carbocycles. The van der Waals surface area contributed by atoms with Gasteiger partial charge in [0.25, 0.3) is 0 Å². The SMILES string of the molecule is C[C@@H](Nc1ncnc(N)c1C#N)c1nc2cccc(Cl)c2cc1-c1ccccn1. The van der Waals surface area contributed by atoms with Crippen molar-refractivity contribution in [3.05, 3.63) is 71.3 Å². The van der Waals surface area contributed by atoms with Gasteiger partial charge in [0.2, 0.25) is 0 Å². The first-order valence-corrected chi connectivity index (χ1v) is 9.24. The van der Waals surface area contributed by atoms with E-state index in [2.05, 4.69) is 20.3 Å². The number of rotatable bonds is 4. The summed E-state index contributed by atoms with van der Waals surface area (Å²) in [5.74, 6) is 0.480. The van der Waals surface area contributed by atoms with Gasteiger partial charge in [-0.2, -0.15) is 5.26 Å². The second-order valence-electron chi connectivity index (χ2n) is 6.40. The lowest BCUT2D eigenvalue weighted by Crippen LogP contribution is -2.14. The molecule has 0 radical (unpaired) electrons. The van der Waals surface area contributed by atoms with E-state index in [1.807, 2.05) is 55.5 Å². The van der Waals surface area contributed by atoms with E-state index in [1.54, 1.807) is 6.20 Å². The third kappa shape index (κ3) is 3.53. The smallest absolute Gasteiger partial charge is 0.150 e. The Kier molecular flexibility index (Phi) is 4.94. The number of halogens is 1. The molecule has 3 N–H and O–H groups in total. The quantitative estimate of drug-likeness (QED) is 0.522. The molecule has 7 nitrogen and oxygen atoms in total. The normalized spacial score (nSPS) is 11.8. The van der Waals surface area contributed by atoms with E-state index in [9.17, 15) is 5.26 Å². The molecule has 4 rings (SSSR count). The lowest BCUT2D eigenvalue weighted by molar-refractivity contribution is 0.838. The first-order chi connectivity index (χ1) is 14.1. The number of fused-ring (bicyclic) bond motifs is 1. The number of nitrogens with one attached hydrogen (secondary N) is 1. The van der Waals surface area contributed by atoms with Crippen LogP contribution in [0.4, 0.5) is 11.6 Å². The van der Waals surface area contributed by atoms with Gasteiger partial charge in [-0.05, 0) is 37.3 Å². The second-order valence-corrected chi connectivity index (χ2v) is 6.81. The van der Waals surface area contributed by atoms with Crippen molar-refractivity contribution in [3.63, 3.8) is 0 Å². The zero-order valence-corrected chi connectivity index (χ0v) is 16.2. The molecule has 3 aromatic heterocycles. The van der Waals surface area contributed by atoms with Crippen LogP contribution in [0.1, 0.15) is 24.2 Å². The highest BCUT2D eigenvalue weighted by molar-refractivity contribution is 6.35. The molecule has 8 heteroatoms. The van der Waals surface area contributed by atoms with Crippen LogP contribution < -0.4 is 11.1 Å². The Balaban J connectivity index is 1.86. The average molecular weight is 402 g/mol. The molecule has 0 aliphatic rings. The van der Waals surface area contributed by atoms with E-state index in [-0.39, 0.29) is 17.4 Å². The predicted molar refractivity (Wildman–Crippen MR) is 113 cm³/mol. The molecule has 0 spiro atoms. The Labute approximate surface area is 172 Å². The summed E-state index contributed by atoms with van der Waals surface area (Å²) >= 11 is 6.39. The van der Waals surface area contributed by atoms with Crippen LogP contribution >= 0.6 is 11.6 Å². The number of hydrogen-bond acceptors (Lipinski definition) is 7. The number of nitrogens with two attached hydrogens (primary N) is 1. The van der Waals surface area contributed by atoms with Crippen molar-refractivity contribution in [2.75, 3.05) is 11.1 Å². The number of aromatic nitrogens is 4. The molecule has 0 saturated carbocycles. The minimum atomic E-state index is -0.295. The van der Waals surface area contributed by atoms with Gasteiger partial charge >= 0.3 is 0 Å². The molecule has 1 atom stereocenters. The first kappa shape index (κ1) is 18.6. The Morgan fingerprint density at radius 3 is 2.76 bits per heavy atom. The van der Waals surface area contributed by atoms with Crippen LogP contribution in [0.25, 0.3) is 22.2 Å². The highest BCUT2D eigenvalue weighted by atomic mass is 35.5. The zero-order valence-electron chi connectivity index (χ0n) is 15.5. The molecule has 0 fully saturated rings. The first-order valence-electron chi connectivity index (χ1n) is 8.86. The fraction of sp³-hybridized carbons (Fsp3) is 0.0952. The number of hydrogen-bond donors (Lipinski definition) is 2. The molecule has 0 bridgehead atoms. The minimum Gasteiger partial charge on any atom is -0.382 e. The molecule has 0 saturated heterocycles. The van der Waals surface area contributed by atoms with Gasteiger partial charge in [-0.3, -0.25) is 4.98 Å². The van der Waals surface area contributed by atoms with Crippen molar-refractivity contribution in [2.24, 2.45) is 0 Å². The topological polar surface area (TPSA) is 113 Å². The maximum Gasteiger partial charge on any atom is 0.150 e. The zero-order chi connectivity index (χ0) is 20.4. The van der Waals surface area contributed by atoms with Crippen LogP contribution in [0.15, 0.2) is 55.0 Å². The molecule has 1 aromatic carbocycles. The average Bonchev–Trinajstić information content (AvgIpc) is 2.74. The molecular weight excluding hydrogens is 386 g/mol. The van der Waals surface area contributed by atoms with Crippen LogP contribution in [0.3, 0.4) is 0 Å². The van der Waals surface area contributed by atoms with Crippen molar-refractivity contribution in [1.82, 2.24) is 19.9 Å². The molecule has 142 valence electrons. The third-order valence-electron chi connectivity index (χ3n) is 4.53. The Bertz CT molecular complexity index is 1240. The highest BCUT2D eigenvalue weighted by Gasteiger charge is 2.19. The number of nitrogen functional groups attached to an aromatic ring is 1. The van der Waals surface area contributed by atoms with Crippen molar-refractivity contribution in [2.45, 2.75) is 13.0 Å². The summed E-state index contributed by atoms with van der Waals surface area (Å²) in [6, 6.07) is 15.0. The molecule has 3 heterocycles. The van der Waals surface area contributed by atoms with Gasteiger partial charge in [-0.15, -0.1) is 0 Å². The van der Waals surface area contributed by atoms with E-state index in [4.69, 9.17) is 22.3 Å². The molecule has 4 aromatic rings. The van der Waals surface area contributed by atoms with Gasteiger partial charge in [0.05, 0.1) is 22.9 Å². The fourth-order valence-corrected chi connectivity index (χ4v) is 3.35. The summed E-state index contributed by atoms with van der Waals surface area (Å²) in [5.41, 5.74) is 9.13. The number of nitriles is 1. The Hall–Kier alpha value is -3.76. The van der Waals surface area contributed by atoms with Gasteiger partial charge in [-0.1, -0.05) is 23.7 Å².